The van der Waals surface area contributed by atoms with E-state index in [1.807, 2.05) is 0 Å². The van der Waals surface area contributed by atoms with Crippen molar-refractivity contribution in [2.75, 3.05) is 0 Å². The van der Waals surface area contributed by atoms with E-state index in [9.17, 15) is 9.09 Å². The molecule has 76 valence electrons. The van der Waals surface area contributed by atoms with Crippen LogP contribution in [0.5, 0.6) is 0 Å². The summed E-state index contributed by atoms with van der Waals surface area (Å²) in [7, 11) is -4.07. The Hall–Kier alpha value is 0.1000. The number of hydrogen-bond donors (Lipinski definition) is 0. The third-order valence-corrected chi connectivity index (χ3v) is 3.51. The van der Waals surface area contributed by atoms with E-state index in [-0.39, 0.29) is 0 Å². The Morgan fingerprint density at radius 2 is 2.31 bits per heavy atom. The molecule has 1 unspecified atom stereocenters. The Kier molecular flexibility index (Phi) is 4.38. The first-order chi connectivity index (χ1) is 6.20. The van der Waals surface area contributed by atoms with Crippen molar-refractivity contribution < 1.29 is 22.0 Å². The maximum atomic E-state index is 11.7. The topological polar surface area (TPSA) is 44.8 Å². The highest BCUT2D eigenvalue weighted by Crippen LogP contribution is 2.54. The molecule has 0 aromatic heterocycles. The molecule has 0 aromatic carbocycles. The summed E-state index contributed by atoms with van der Waals surface area (Å²) in [5.74, 6) is 0.451. The van der Waals surface area contributed by atoms with Crippen LogP contribution >= 0.6 is 24.1 Å². The molecule has 13 heavy (non-hydrogen) atoms. The largest absolute Gasteiger partial charge is 0.572 e. The van der Waals surface area contributed by atoms with Gasteiger partial charge in [-0.3, -0.25) is 0 Å². The summed E-state index contributed by atoms with van der Waals surface area (Å²) < 4.78 is 34.8. The Labute approximate surface area is 84.0 Å². The molecule has 0 fully saturated rings. The molecule has 0 radical (unpaired) electrons. The van der Waals surface area contributed by atoms with Crippen molar-refractivity contribution in [3.8, 4) is 0 Å². The predicted octanol–water partition coefficient (Wildman–Crippen LogP) is 3.80. The molecule has 1 aliphatic rings. The number of phosphoric acid groups is 1. The monoisotopic (exact) mass is 274 g/mol. The average molecular weight is 275 g/mol. The first-order valence-corrected chi connectivity index (χ1v) is 5.90. The molecule has 0 N–H and O–H groups in total. The van der Waals surface area contributed by atoms with Crippen LogP contribution in [-0.2, 0) is 17.4 Å². The fourth-order valence-electron chi connectivity index (χ4n) is 1.07. The highest BCUT2D eigenvalue weighted by molar-refractivity contribution is 9.06. The third kappa shape index (κ3) is 3.38. The molecule has 0 amide bonds. The van der Waals surface area contributed by atoms with Gasteiger partial charge in [0.05, 0.1) is 0 Å². The molecule has 1 rings (SSSR count). The van der Waals surface area contributed by atoms with Crippen LogP contribution in [0.25, 0.3) is 0 Å². The number of rotatable bonds is 4. The van der Waals surface area contributed by atoms with Gasteiger partial charge in [-0.2, -0.15) is 3.62 Å². The molecule has 0 saturated carbocycles. The fraction of sp³-hybridized carbons (Fsp3) is 0.667. The van der Waals surface area contributed by atoms with Crippen LogP contribution in [0.3, 0.4) is 0 Å². The Balaban J connectivity index is 2.55. The molecule has 0 bridgehead atoms. The van der Waals surface area contributed by atoms with E-state index < -0.39 is 7.82 Å². The van der Waals surface area contributed by atoms with Crippen LogP contribution in [0, 0.1) is 0 Å². The normalized spacial score (nSPS) is 21.8. The zero-order chi connectivity index (χ0) is 9.73. The first-order valence-electron chi connectivity index (χ1n) is 3.79. The lowest BCUT2D eigenvalue weighted by Crippen LogP contribution is -1.96. The lowest BCUT2D eigenvalue weighted by Gasteiger charge is -2.15. The lowest BCUT2D eigenvalue weighted by atomic mass is 10.1. The van der Waals surface area contributed by atoms with Gasteiger partial charge in [0.15, 0.2) is 0 Å². The van der Waals surface area contributed by atoms with Crippen molar-refractivity contribution in [3.63, 3.8) is 0 Å². The second kappa shape index (κ2) is 5.10. The predicted molar refractivity (Wildman–Crippen MR) is 47.4 cm³/mol. The van der Waals surface area contributed by atoms with Gasteiger partial charge in [-0.1, -0.05) is 4.73 Å². The summed E-state index contributed by atoms with van der Waals surface area (Å²) in [4.78, 5) is 0. The van der Waals surface area contributed by atoms with Gasteiger partial charge in [0, 0.05) is 6.42 Å². The molecule has 0 spiro atoms. The van der Waals surface area contributed by atoms with Gasteiger partial charge in [-0.25, -0.2) is 4.57 Å². The molecule has 1 atom stereocenters. The highest BCUT2D eigenvalue weighted by Gasteiger charge is 2.30. The average Bonchev–Trinajstić information content (AvgIpc) is 2.19. The van der Waals surface area contributed by atoms with Crippen molar-refractivity contribution in [2.45, 2.75) is 25.7 Å². The minimum atomic E-state index is -4.07. The fourth-order valence-corrected chi connectivity index (χ4v) is 1.92. The minimum absolute atomic E-state index is 0.451. The zero-order valence-electron chi connectivity index (χ0n) is 6.74. The molecule has 0 aromatic rings. The van der Waals surface area contributed by atoms with Crippen LogP contribution in [-0.4, -0.2) is 0 Å². The molecule has 4 nitrogen and oxygen atoms in total. The summed E-state index contributed by atoms with van der Waals surface area (Å²) in [6, 6.07) is 0. The Morgan fingerprint density at radius 3 is 2.77 bits per heavy atom. The zero-order valence-corrected chi connectivity index (χ0v) is 9.22. The molecule has 1 aliphatic carbocycles. The first kappa shape index (κ1) is 11.2. The van der Waals surface area contributed by atoms with Gasteiger partial charge >= 0.3 is 7.82 Å². The van der Waals surface area contributed by atoms with Crippen LogP contribution in [0.2, 0.25) is 0 Å². The van der Waals surface area contributed by atoms with E-state index in [2.05, 4.69) is 24.6 Å². The van der Waals surface area contributed by atoms with Gasteiger partial charge in [0.2, 0.25) is 0 Å². The van der Waals surface area contributed by atoms with E-state index in [0.717, 1.165) is 19.3 Å². The van der Waals surface area contributed by atoms with Crippen molar-refractivity contribution >= 4 is 24.1 Å². The minimum Gasteiger partial charge on any atom is -0.407 e. The van der Waals surface area contributed by atoms with E-state index in [0.29, 0.717) is 12.2 Å². The van der Waals surface area contributed by atoms with E-state index in [1.165, 1.54) is 0 Å². The molecule has 0 heterocycles. The van der Waals surface area contributed by atoms with Gasteiger partial charge in [-0.15, -0.1) is 0 Å². The smallest absolute Gasteiger partial charge is 0.407 e. The molecule has 7 heteroatoms. The second-order valence-electron chi connectivity index (χ2n) is 2.59. The third-order valence-electron chi connectivity index (χ3n) is 1.65. The van der Waals surface area contributed by atoms with E-state index >= 15 is 0 Å². The van der Waals surface area contributed by atoms with Gasteiger partial charge in [0.1, 0.15) is 22.0 Å². The van der Waals surface area contributed by atoms with Crippen molar-refractivity contribution in [2.24, 2.45) is 0 Å². The van der Waals surface area contributed by atoms with E-state index in [4.69, 9.17) is 4.52 Å². The Bertz CT molecular complexity index is 237. The van der Waals surface area contributed by atoms with Crippen molar-refractivity contribution in [1.29, 1.82) is 0 Å². The van der Waals surface area contributed by atoms with Crippen LogP contribution < -0.4 is 0 Å². The van der Waals surface area contributed by atoms with Crippen LogP contribution in [0.4, 0.5) is 4.53 Å². The summed E-state index contributed by atoms with van der Waals surface area (Å²) in [6.45, 7) is 0. The number of hydrogen-bond acceptors (Lipinski definition) is 4. The van der Waals surface area contributed by atoms with Crippen LogP contribution in [0.15, 0.2) is 11.8 Å². The van der Waals surface area contributed by atoms with Gasteiger partial charge in [0.25, 0.3) is 0 Å². The second-order valence-corrected chi connectivity index (χ2v) is 4.81. The van der Waals surface area contributed by atoms with E-state index in [1.54, 1.807) is 6.08 Å². The molecule has 0 saturated heterocycles. The van der Waals surface area contributed by atoms with Crippen LogP contribution in [0.1, 0.15) is 25.7 Å². The summed E-state index contributed by atoms with van der Waals surface area (Å²) >= 11 is 2.38. The summed E-state index contributed by atoms with van der Waals surface area (Å²) in [6.07, 6.45) is 5.21. The summed E-state index contributed by atoms with van der Waals surface area (Å²) in [5.41, 5.74) is 0. The quantitative estimate of drug-likeness (QED) is 0.732. The number of allylic oxidation sites excluding steroid dienone is 2. The van der Waals surface area contributed by atoms with Gasteiger partial charge in [-0.05, 0) is 29.9 Å². The SMILES string of the molecule is O=P(OF)(OBr)OC1=CCCCC1. The van der Waals surface area contributed by atoms with Crippen molar-refractivity contribution in [1.82, 2.24) is 0 Å². The standard InChI is InChI=1S/C6H9BrFO4P/c7-11-13(9,12-8)10-6-4-2-1-3-5-6/h4H,1-3,5H2. The lowest BCUT2D eigenvalue weighted by molar-refractivity contribution is -0.0376. The number of halogens is 2. The molecular formula is C6H9BrFO4P. The maximum absolute atomic E-state index is 11.7. The molecule has 0 aliphatic heterocycles. The van der Waals surface area contributed by atoms with Gasteiger partial charge < -0.3 is 4.52 Å². The van der Waals surface area contributed by atoms with Crippen molar-refractivity contribution in [3.05, 3.63) is 11.8 Å². The highest BCUT2D eigenvalue weighted by atomic mass is 79.9. The maximum Gasteiger partial charge on any atom is 0.572 e. The molecular weight excluding hydrogens is 266 g/mol. The Morgan fingerprint density at radius 1 is 1.54 bits per heavy atom. The summed E-state index contributed by atoms with van der Waals surface area (Å²) in [5, 5.41) is 0.